The Labute approximate surface area is 139 Å². The van der Waals surface area contributed by atoms with Crippen molar-refractivity contribution < 1.29 is 9.47 Å². The van der Waals surface area contributed by atoms with Gasteiger partial charge in [0.25, 0.3) is 0 Å². The van der Waals surface area contributed by atoms with E-state index in [2.05, 4.69) is 49.5 Å². The Morgan fingerprint density at radius 1 is 0.957 bits per heavy atom. The van der Waals surface area contributed by atoms with Crippen molar-refractivity contribution in [1.82, 2.24) is 0 Å². The van der Waals surface area contributed by atoms with Crippen molar-refractivity contribution in [3.8, 4) is 11.5 Å². The molecule has 2 rings (SSSR count). The Hall–Kier alpha value is -2.16. The van der Waals surface area contributed by atoms with Crippen LogP contribution in [0.15, 0.2) is 36.4 Å². The molecule has 3 heteroatoms. The van der Waals surface area contributed by atoms with Crippen LogP contribution in [-0.2, 0) is 6.54 Å². The third kappa shape index (κ3) is 4.92. The van der Waals surface area contributed by atoms with Crippen LogP contribution < -0.4 is 14.8 Å². The molecule has 0 aromatic heterocycles. The molecule has 0 atom stereocenters. The fraction of sp³-hybridized carbons (Fsp3) is 0.400. The number of hydrogen-bond acceptors (Lipinski definition) is 3. The van der Waals surface area contributed by atoms with Gasteiger partial charge in [-0.15, -0.1) is 0 Å². The summed E-state index contributed by atoms with van der Waals surface area (Å²) in [5.74, 6) is 1.61. The maximum absolute atomic E-state index is 5.80. The second-order valence-electron chi connectivity index (χ2n) is 6.03. The van der Waals surface area contributed by atoms with Crippen molar-refractivity contribution in [2.24, 2.45) is 0 Å². The van der Waals surface area contributed by atoms with Gasteiger partial charge in [0.05, 0.1) is 12.7 Å². The van der Waals surface area contributed by atoms with Gasteiger partial charge >= 0.3 is 0 Å². The number of rotatable bonds is 7. The highest BCUT2D eigenvalue weighted by molar-refractivity contribution is 5.49. The first-order valence-electron chi connectivity index (χ1n) is 8.23. The largest absolute Gasteiger partial charge is 0.490 e. The van der Waals surface area contributed by atoms with E-state index in [9.17, 15) is 0 Å². The Morgan fingerprint density at radius 3 is 2.39 bits per heavy atom. The lowest BCUT2D eigenvalue weighted by atomic mass is 10.1. The second kappa shape index (κ2) is 7.91. The lowest BCUT2D eigenvalue weighted by Gasteiger charge is -2.16. The molecule has 3 nitrogen and oxygen atoms in total. The van der Waals surface area contributed by atoms with Crippen LogP contribution in [0.25, 0.3) is 0 Å². The van der Waals surface area contributed by atoms with Crippen LogP contribution in [-0.4, -0.2) is 12.7 Å². The monoisotopic (exact) mass is 313 g/mol. The summed E-state index contributed by atoms with van der Waals surface area (Å²) in [4.78, 5) is 0. The quantitative estimate of drug-likeness (QED) is 0.771. The van der Waals surface area contributed by atoms with Gasteiger partial charge in [0.1, 0.15) is 0 Å². The molecular weight excluding hydrogens is 286 g/mol. The van der Waals surface area contributed by atoms with Crippen molar-refractivity contribution in [2.75, 3.05) is 11.9 Å². The van der Waals surface area contributed by atoms with Crippen LogP contribution in [0.1, 0.15) is 37.5 Å². The third-order valence-corrected chi connectivity index (χ3v) is 3.67. The maximum Gasteiger partial charge on any atom is 0.161 e. The molecule has 23 heavy (non-hydrogen) atoms. The van der Waals surface area contributed by atoms with Gasteiger partial charge in [-0.2, -0.15) is 0 Å². The minimum Gasteiger partial charge on any atom is -0.490 e. The standard InChI is InChI=1S/C20H27NO2/c1-6-22-20-12-17(8-10-19(20)23-14(2)3)13-21-18-9-7-15(4)16(5)11-18/h7-12,14,21H,6,13H2,1-5H3. The number of anilines is 1. The van der Waals surface area contributed by atoms with Gasteiger partial charge in [-0.3, -0.25) is 0 Å². The van der Waals surface area contributed by atoms with E-state index in [1.54, 1.807) is 0 Å². The summed E-state index contributed by atoms with van der Waals surface area (Å²) in [5, 5.41) is 3.46. The maximum atomic E-state index is 5.80. The smallest absolute Gasteiger partial charge is 0.161 e. The molecule has 0 amide bonds. The molecule has 1 N–H and O–H groups in total. The number of benzene rings is 2. The molecule has 0 fully saturated rings. The highest BCUT2D eigenvalue weighted by Gasteiger charge is 2.08. The molecule has 2 aromatic rings. The molecule has 0 aliphatic rings. The molecule has 0 unspecified atom stereocenters. The topological polar surface area (TPSA) is 30.5 Å². The minimum atomic E-state index is 0.133. The Bertz CT molecular complexity index is 650. The van der Waals surface area contributed by atoms with Crippen molar-refractivity contribution in [2.45, 2.75) is 47.3 Å². The van der Waals surface area contributed by atoms with Gasteiger partial charge in [0.15, 0.2) is 11.5 Å². The summed E-state index contributed by atoms with van der Waals surface area (Å²) in [6.45, 7) is 11.7. The fourth-order valence-electron chi connectivity index (χ4n) is 2.34. The first-order valence-corrected chi connectivity index (χ1v) is 8.23. The van der Waals surface area contributed by atoms with E-state index in [-0.39, 0.29) is 6.10 Å². The third-order valence-electron chi connectivity index (χ3n) is 3.67. The van der Waals surface area contributed by atoms with Crippen LogP contribution in [0.4, 0.5) is 5.69 Å². The van der Waals surface area contributed by atoms with Crippen LogP contribution in [0.3, 0.4) is 0 Å². The average molecular weight is 313 g/mol. The predicted octanol–water partition coefficient (Wildman–Crippen LogP) is 5.10. The van der Waals surface area contributed by atoms with Gasteiger partial charge < -0.3 is 14.8 Å². The Morgan fingerprint density at radius 2 is 1.74 bits per heavy atom. The van der Waals surface area contributed by atoms with Crippen LogP contribution in [0, 0.1) is 13.8 Å². The van der Waals surface area contributed by atoms with E-state index in [1.165, 1.54) is 16.7 Å². The van der Waals surface area contributed by atoms with Gasteiger partial charge in [-0.1, -0.05) is 12.1 Å². The second-order valence-corrected chi connectivity index (χ2v) is 6.03. The van der Waals surface area contributed by atoms with E-state index in [0.717, 1.165) is 23.7 Å². The highest BCUT2D eigenvalue weighted by atomic mass is 16.5. The Balaban J connectivity index is 2.10. The number of nitrogens with one attached hydrogen (secondary N) is 1. The molecule has 124 valence electrons. The summed E-state index contributed by atoms with van der Waals surface area (Å²) < 4.78 is 11.5. The van der Waals surface area contributed by atoms with E-state index in [4.69, 9.17) is 9.47 Å². The molecule has 0 radical (unpaired) electrons. The van der Waals surface area contributed by atoms with Gasteiger partial charge in [0.2, 0.25) is 0 Å². The predicted molar refractivity (Wildman–Crippen MR) is 96.6 cm³/mol. The zero-order chi connectivity index (χ0) is 16.8. The molecule has 0 saturated heterocycles. The summed E-state index contributed by atoms with van der Waals surface area (Å²) in [6.07, 6.45) is 0.133. The number of aryl methyl sites for hydroxylation is 2. The fourth-order valence-corrected chi connectivity index (χ4v) is 2.34. The minimum absolute atomic E-state index is 0.133. The molecule has 0 saturated carbocycles. The summed E-state index contributed by atoms with van der Waals surface area (Å²) in [7, 11) is 0. The number of hydrogen-bond donors (Lipinski definition) is 1. The first-order chi connectivity index (χ1) is 11.0. The number of ether oxygens (including phenoxy) is 2. The van der Waals surface area contributed by atoms with E-state index < -0.39 is 0 Å². The molecular formula is C20H27NO2. The zero-order valence-electron chi connectivity index (χ0n) is 14.8. The van der Waals surface area contributed by atoms with Crippen molar-refractivity contribution >= 4 is 5.69 Å². The molecule has 0 bridgehead atoms. The summed E-state index contributed by atoms with van der Waals surface area (Å²) in [6, 6.07) is 12.5. The average Bonchev–Trinajstić information content (AvgIpc) is 2.50. The van der Waals surface area contributed by atoms with Crippen molar-refractivity contribution in [3.63, 3.8) is 0 Å². The van der Waals surface area contributed by atoms with Gasteiger partial charge in [0, 0.05) is 12.2 Å². The SMILES string of the molecule is CCOc1cc(CNc2ccc(C)c(C)c2)ccc1OC(C)C. The highest BCUT2D eigenvalue weighted by Crippen LogP contribution is 2.29. The molecule has 0 aliphatic carbocycles. The Kier molecular flexibility index (Phi) is 5.91. The van der Waals surface area contributed by atoms with Crippen LogP contribution >= 0.6 is 0 Å². The van der Waals surface area contributed by atoms with Gasteiger partial charge in [-0.05, 0) is 75.6 Å². The molecule has 2 aromatic carbocycles. The summed E-state index contributed by atoms with van der Waals surface area (Å²) in [5.41, 5.74) is 4.91. The van der Waals surface area contributed by atoms with E-state index in [1.807, 2.05) is 26.8 Å². The molecule has 0 spiro atoms. The lowest BCUT2D eigenvalue weighted by Crippen LogP contribution is -2.08. The van der Waals surface area contributed by atoms with Crippen molar-refractivity contribution in [3.05, 3.63) is 53.1 Å². The van der Waals surface area contributed by atoms with E-state index >= 15 is 0 Å². The van der Waals surface area contributed by atoms with Crippen molar-refractivity contribution in [1.29, 1.82) is 0 Å². The molecule has 0 aliphatic heterocycles. The molecule has 0 heterocycles. The lowest BCUT2D eigenvalue weighted by molar-refractivity contribution is 0.223. The van der Waals surface area contributed by atoms with Gasteiger partial charge in [-0.25, -0.2) is 0 Å². The first kappa shape index (κ1) is 17.2. The normalized spacial score (nSPS) is 10.7. The van der Waals surface area contributed by atoms with Crippen LogP contribution in [0.5, 0.6) is 11.5 Å². The van der Waals surface area contributed by atoms with Crippen LogP contribution in [0.2, 0.25) is 0 Å². The zero-order valence-corrected chi connectivity index (χ0v) is 14.8. The van der Waals surface area contributed by atoms with E-state index in [0.29, 0.717) is 6.61 Å². The summed E-state index contributed by atoms with van der Waals surface area (Å²) >= 11 is 0.